The van der Waals surface area contributed by atoms with Crippen LogP contribution in [0.2, 0.25) is 0 Å². The van der Waals surface area contributed by atoms with Crippen LogP contribution in [-0.2, 0) is 4.79 Å². The number of halogens is 1. The van der Waals surface area contributed by atoms with Gasteiger partial charge in [-0.2, -0.15) is 0 Å². The highest BCUT2D eigenvalue weighted by atomic mass is 35.5. The number of carbonyl (C=O) groups is 1. The van der Waals surface area contributed by atoms with Crippen molar-refractivity contribution in [3.05, 3.63) is 12.2 Å². The van der Waals surface area contributed by atoms with E-state index in [0.29, 0.717) is 41.0 Å². The minimum absolute atomic E-state index is 0.253. The predicted molar refractivity (Wildman–Crippen MR) is 151 cm³/mol. The molecule has 4 fully saturated rings. The zero-order chi connectivity index (χ0) is 26.5. The first-order valence-electron chi connectivity index (χ1n) is 15.0. The molecule has 0 amide bonds. The largest absolute Gasteiger partial charge is 0.481 e. The molecule has 2 N–H and O–H groups in total. The predicted octanol–water partition coefficient (Wildman–Crippen LogP) is 8.32. The van der Waals surface area contributed by atoms with E-state index in [4.69, 9.17) is 11.6 Å². The molecule has 4 rings (SSSR count). The summed E-state index contributed by atoms with van der Waals surface area (Å²) in [6, 6.07) is 0.543. The molecule has 4 saturated carbocycles. The summed E-state index contributed by atoms with van der Waals surface area (Å²) >= 11 is 6.06. The molecule has 3 nitrogen and oxygen atoms in total. The Morgan fingerprint density at radius 2 is 1.61 bits per heavy atom. The lowest BCUT2D eigenvalue weighted by Gasteiger charge is -2.66. The average Bonchev–Trinajstić information content (AvgIpc) is 3.18. The van der Waals surface area contributed by atoms with Gasteiger partial charge >= 0.3 is 5.97 Å². The lowest BCUT2D eigenvalue weighted by atomic mass is 9.40. The Balaban J connectivity index is 1.65. The van der Waals surface area contributed by atoms with Crippen LogP contribution >= 0.6 is 11.6 Å². The van der Waals surface area contributed by atoms with E-state index in [0.717, 1.165) is 45.1 Å². The molecule has 0 aromatic heterocycles. The van der Waals surface area contributed by atoms with Crippen molar-refractivity contribution in [1.29, 1.82) is 0 Å². The van der Waals surface area contributed by atoms with Gasteiger partial charge in [-0.1, -0.05) is 53.2 Å². The number of fused-ring (bicyclic) bond motifs is 4. The van der Waals surface area contributed by atoms with Crippen molar-refractivity contribution in [2.45, 2.75) is 118 Å². The number of allylic oxidation sites excluding steroid dienone is 1. The number of aliphatic carboxylic acids is 1. The summed E-state index contributed by atoms with van der Waals surface area (Å²) < 4.78 is 0. The maximum absolute atomic E-state index is 12.8. The van der Waals surface area contributed by atoms with Gasteiger partial charge in [-0.15, -0.1) is 11.6 Å². The zero-order valence-corrected chi connectivity index (χ0v) is 24.9. The summed E-state index contributed by atoms with van der Waals surface area (Å²) in [4.78, 5) is 12.8. The fraction of sp³-hybridized carbons (Fsp3) is 0.906. The first kappa shape index (κ1) is 28.5. The van der Waals surface area contributed by atoms with E-state index in [1.165, 1.54) is 37.7 Å². The third kappa shape index (κ3) is 4.41. The maximum Gasteiger partial charge on any atom is 0.309 e. The van der Waals surface area contributed by atoms with Gasteiger partial charge in [0.2, 0.25) is 0 Å². The van der Waals surface area contributed by atoms with Crippen LogP contribution in [0.25, 0.3) is 0 Å². The van der Waals surface area contributed by atoms with Gasteiger partial charge < -0.3 is 10.4 Å². The second kappa shape index (κ2) is 10.2. The summed E-state index contributed by atoms with van der Waals surface area (Å²) in [6.45, 7) is 20.1. The van der Waals surface area contributed by atoms with Gasteiger partial charge in [0.25, 0.3) is 0 Å². The molecule has 0 saturated heterocycles. The number of alkyl halides is 1. The van der Waals surface area contributed by atoms with E-state index in [9.17, 15) is 9.90 Å². The number of nitrogens with one attached hydrogen (secondary N) is 1. The second-order valence-corrected chi connectivity index (χ2v) is 15.0. The van der Waals surface area contributed by atoms with Gasteiger partial charge in [0.05, 0.1) is 5.41 Å². The topological polar surface area (TPSA) is 49.3 Å². The average molecular weight is 520 g/mol. The Morgan fingerprint density at radius 1 is 0.944 bits per heavy atom. The van der Waals surface area contributed by atoms with E-state index in [2.05, 4.69) is 53.4 Å². The Morgan fingerprint density at radius 3 is 2.25 bits per heavy atom. The standard InChI is InChI=1S/C32H54ClNO2/c1-21(2)23-12-18-32(28(35)36)17-11-22(3)30(6)15-13-25-29(4,5)27(34-20-19-33)14-16-31(25,7)26(30)10-8-9-24(23)32/h22-27,34H,1,8-20H2,2-7H3,(H,35,36)/t22-,23+,24+,25+,26+,27?,30+,31+,32-/m1/s1. The molecule has 0 spiro atoms. The maximum atomic E-state index is 12.8. The quantitative estimate of drug-likeness (QED) is 0.283. The van der Waals surface area contributed by atoms with Crippen LogP contribution < -0.4 is 5.32 Å². The van der Waals surface area contributed by atoms with Crippen molar-refractivity contribution >= 4 is 17.6 Å². The van der Waals surface area contributed by atoms with Crippen molar-refractivity contribution in [3.8, 4) is 0 Å². The fourth-order valence-corrected chi connectivity index (χ4v) is 10.8. The molecule has 0 aliphatic heterocycles. The number of carboxylic acid groups (broad SMARTS) is 1. The Hall–Kier alpha value is -0.540. The molecule has 0 aromatic carbocycles. The molecule has 0 bridgehead atoms. The molecular formula is C32H54ClNO2. The normalized spacial score (nSPS) is 46.8. The molecule has 4 aliphatic carbocycles. The lowest BCUT2D eigenvalue weighted by Crippen LogP contribution is -2.62. The van der Waals surface area contributed by atoms with Crippen LogP contribution in [-0.4, -0.2) is 29.5 Å². The molecule has 206 valence electrons. The second-order valence-electron chi connectivity index (χ2n) is 14.6. The molecule has 9 atom stereocenters. The molecule has 1 unspecified atom stereocenters. The highest BCUT2D eigenvalue weighted by Gasteiger charge is 2.62. The van der Waals surface area contributed by atoms with Gasteiger partial charge in [-0.3, -0.25) is 4.79 Å². The molecule has 4 heteroatoms. The zero-order valence-electron chi connectivity index (χ0n) is 24.1. The van der Waals surface area contributed by atoms with Gasteiger partial charge in [0.15, 0.2) is 0 Å². The molecule has 0 aromatic rings. The molecule has 0 radical (unpaired) electrons. The third-order valence-electron chi connectivity index (χ3n) is 12.9. The lowest BCUT2D eigenvalue weighted by molar-refractivity contribution is -0.165. The van der Waals surface area contributed by atoms with E-state index in [1.54, 1.807) is 0 Å². The van der Waals surface area contributed by atoms with Crippen LogP contribution in [0.15, 0.2) is 12.2 Å². The first-order chi connectivity index (χ1) is 16.8. The SMILES string of the molecule is C=C(C)[C@@H]1CC[C@]2(C(=O)O)CC[C@@H](C)[C@]3(C)CC[C@H]4C(C)(C)C(NCCCl)CC[C@]4(C)[C@H]3CCC[C@@H]12. The monoisotopic (exact) mass is 519 g/mol. The van der Waals surface area contributed by atoms with Crippen LogP contribution in [0, 0.1) is 51.2 Å². The molecular weight excluding hydrogens is 466 g/mol. The molecule has 0 heterocycles. The van der Waals surface area contributed by atoms with E-state index in [1.807, 2.05) is 0 Å². The van der Waals surface area contributed by atoms with Crippen molar-refractivity contribution < 1.29 is 9.90 Å². The Kier molecular flexibility index (Phi) is 8.08. The smallest absolute Gasteiger partial charge is 0.309 e. The van der Waals surface area contributed by atoms with Gasteiger partial charge in [-0.25, -0.2) is 0 Å². The number of hydrogen-bond donors (Lipinski definition) is 2. The first-order valence-corrected chi connectivity index (χ1v) is 15.6. The van der Waals surface area contributed by atoms with E-state index in [-0.39, 0.29) is 16.7 Å². The highest BCUT2D eigenvalue weighted by molar-refractivity contribution is 6.18. The minimum atomic E-state index is -0.545. The molecule has 4 aliphatic rings. The summed E-state index contributed by atoms with van der Waals surface area (Å²) in [5.41, 5.74) is 1.55. The van der Waals surface area contributed by atoms with Crippen molar-refractivity contribution in [3.63, 3.8) is 0 Å². The van der Waals surface area contributed by atoms with Gasteiger partial charge in [0.1, 0.15) is 0 Å². The van der Waals surface area contributed by atoms with E-state index >= 15 is 0 Å². The van der Waals surface area contributed by atoms with Crippen LogP contribution in [0.1, 0.15) is 112 Å². The third-order valence-corrected chi connectivity index (χ3v) is 13.1. The van der Waals surface area contributed by atoms with Gasteiger partial charge in [-0.05, 0) is 117 Å². The number of carboxylic acids is 1. The van der Waals surface area contributed by atoms with Gasteiger partial charge in [0, 0.05) is 18.5 Å². The highest BCUT2D eigenvalue weighted by Crippen LogP contribution is 2.68. The number of hydrogen-bond acceptors (Lipinski definition) is 2. The Labute approximate surface area is 226 Å². The van der Waals surface area contributed by atoms with Crippen LogP contribution in [0.3, 0.4) is 0 Å². The summed E-state index contributed by atoms with van der Waals surface area (Å²) in [6.07, 6.45) is 12.3. The Bertz CT molecular complexity index is 840. The summed E-state index contributed by atoms with van der Waals surface area (Å²) in [7, 11) is 0. The van der Waals surface area contributed by atoms with Crippen LogP contribution in [0.4, 0.5) is 0 Å². The number of rotatable bonds is 5. The van der Waals surface area contributed by atoms with Crippen LogP contribution in [0.5, 0.6) is 0 Å². The van der Waals surface area contributed by atoms with E-state index < -0.39 is 11.4 Å². The summed E-state index contributed by atoms with van der Waals surface area (Å²) in [5, 5.41) is 14.4. The van der Waals surface area contributed by atoms with Crippen molar-refractivity contribution in [2.75, 3.05) is 12.4 Å². The summed E-state index contributed by atoms with van der Waals surface area (Å²) in [5.74, 6) is 2.74. The van der Waals surface area contributed by atoms with Crippen molar-refractivity contribution in [1.82, 2.24) is 5.32 Å². The molecule has 36 heavy (non-hydrogen) atoms. The fourth-order valence-electron chi connectivity index (χ4n) is 10.7. The minimum Gasteiger partial charge on any atom is -0.481 e. The van der Waals surface area contributed by atoms with Crippen molar-refractivity contribution in [2.24, 2.45) is 51.2 Å².